The molecule has 1 unspecified atom stereocenters. The molecule has 0 saturated heterocycles. The highest BCUT2D eigenvalue weighted by Gasteiger charge is 2.09. The summed E-state index contributed by atoms with van der Waals surface area (Å²) in [5.41, 5.74) is 2.13. The maximum absolute atomic E-state index is 10.7. The van der Waals surface area contributed by atoms with Crippen LogP contribution in [0.1, 0.15) is 12.5 Å². The fraction of sp³-hybridized carbons (Fsp3) is 0.417. The predicted molar refractivity (Wildman–Crippen MR) is 62.3 cm³/mol. The van der Waals surface area contributed by atoms with E-state index in [-0.39, 0.29) is 12.6 Å². The first kappa shape index (κ1) is 12.5. The van der Waals surface area contributed by atoms with Crippen LogP contribution in [0.4, 0.5) is 5.69 Å². The standard InChI is InChI=1S/C12H17NO3/c1-9-3-5-11(6-4-9)13-7-12(8-14)16-10(2)15/h3-6,12-14H,7-8H2,1-2H3. The zero-order valence-corrected chi connectivity index (χ0v) is 9.56. The summed E-state index contributed by atoms with van der Waals surface area (Å²) in [6.07, 6.45) is -0.501. The molecule has 0 bridgehead atoms. The highest BCUT2D eigenvalue weighted by Crippen LogP contribution is 2.08. The van der Waals surface area contributed by atoms with E-state index >= 15 is 0 Å². The third-order valence-electron chi connectivity index (χ3n) is 2.12. The summed E-state index contributed by atoms with van der Waals surface area (Å²) in [6, 6.07) is 7.86. The van der Waals surface area contributed by atoms with Crippen LogP contribution in [-0.4, -0.2) is 30.3 Å². The van der Waals surface area contributed by atoms with Crippen LogP contribution in [0.5, 0.6) is 0 Å². The lowest BCUT2D eigenvalue weighted by Gasteiger charge is -2.15. The Bertz CT molecular complexity index is 335. The Morgan fingerprint density at radius 1 is 1.44 bits per heavy atom. The highest BCUT2D eigenvalue weighted by atomic mass is 16.5. The van der Waals surface area contributed by atoms with Gasteiger partial charge in [0.05, 0.1) is 13.2 Å². The van der Waals surface area contributed by atoms with E-state index in [0.717, 1.165) is 5.69 Å². The van der Waals surface area contributed by atoms with Crippen molar-refractivity contribution in [3.05, 3.63) is 29.8 Å². The largest absolute Gasteiger partial charge is 0.458 e. The Labute approximate surface area is 95.2 Å². The molecule has 1 aromatic carbocycles. The van der Waals surface area contributed by atoms with Gasteiger partial charge in [-0.05, 0) is 19.1 Å². The Kier molecular flexibility index (Phi) is 4.79. The highest BCUT2D eigenvalue weighted by molar-refractivity contribution is 5.66. The summed E-state index contributed by atoms with van der Waals surface area (Å²) in [5, 5.41) is 12.1. The summed E-state index contributed by atoms with van der Waals surface area (Å²) in [4.78, 5) is 10.7. The Balaban J connectivity index is 2.43. The molecule has 1 atom stereocenters. The molecule has 4 nitrogen and oxygen atoms in total. The molecule has 0 amide bonds. The van der Waals surface area contributed by atoms with Gasteiger partial charge in [-0.25, -0.2) is 0 Å². The molecular weight excluding hydrogens is 206 g/mol. The van der Waals surface area contributed by atoms with Gasteiger partial charge in [-0.3, -0.25) is 4.79 Å². The molecule has 4 heteroatoms. The number of rotatable bonds is 5. The Hall–Kier alpha value is -1.55. The monoisotopic (exact) mass is 223 g/mol. The van der Waals surface area contributed by atoms with E-state index in [1.165, 1.54) is 12.5 Å². The second-order valence-corrected chi connectivity index (χ2v) is 3.66. The molecule has 16 heavy (non-hydrogen) atoms. The Morgan fingerprint density at radius 2 is 2.06 bits per heavy atom. The first-order chi connectivity index (χ1) is 7.61. The van der Waals surface area contributed by atoms with E-state index in [0.29, 0.717) is 6.54 Å². The summed E-state index contributed by atoms with van der Waals surface area (Å²) >= 11 is 0. The van der Waals surface area contributed by atoms with Crippen molar-refractivity contribution < 1.29 is 14.6 Å². The topological polar surface area (TPSA) is 58.6 Å². The lowest BCUT2D eigenvalue weighted by molar-refractivity contribution is -0.147. The number of hydrogen-bond donors (Lipinski definition) is 2. The van der Waals surface area contributed by atoms with Gasteiger partial charge in [-0.2, -0.15) is 0 Å². The van der Waals surface area contributed by atoms with Gasteiger partial charge in [0.25, 0.3) is 0 Å². The van der Waals surface area contributed by atoms with Crippen LogP contribution >= 0.6 is 0 Å². The minimum absolute atomic E-state index is 0.182. The van der Waals surface area contributed by atoms with Crippen LogP contribution in [0, 0.1) is 6.92 Å². The van der Waals surface area contributed by atoms with Gasteiger partial charge in [0.15, 0.2) is 0 Å². The van der Waals surface area contributed by atoms with Crippen LogP contribution in [0.25, 0.3) is 0 Å². The molecule has 0 saturated carbocycles. The van der Waals surface area contributed by atoms with Crippen LogP contribution in [0.3, 0.4) is 0 Å². The molecule has 0 fully saturated rings. The number of carbonyl (C=O) groups is 1. The van der Waals surface area contributed by atoms with Gasteiger partial charge >= 0.3 is 5.97 Å². The van der Waals surface area contributed by atoms with E-state index in [9.17, 15) is 4.79 Å². The van der Waals surface area contributed by atoms with Crippen LogP contribution in [0.15, 0.2) is 24.3 Å². The second-order valence-electron chi connectivity index (χ2n) is 3.66. The number of esters is 1. The number of benzene rings is 1. The molecule has 0 spiro atoms. The summed E-state index contributed by atoms with van der Waals surface area (Å²) in [5.74, 6) is -0.384. The number of carbonyl (C=O) groups excluding carboxylic acids is 1. The molecule has 0 aliphatic rings. The third-order valence-corrected chi connectivity index (χ3v) is 2.12. The molecule has 0 aromatic heterocycles. The van der Waals surface area contributed by atoms with Gasteiger partial charge in [0.1, 0.15) is 6.10 Å². The number of aliphatic hydroxyl groups excluding tert-OH is 1. The lowest BCUT2D eigenvalue weighted by Crippen LogP contribution is -2.28. The van der Waals surface area contributed by atoms with Crippen molar-refractivity contribution in [1.82, 2.24) is 0 Å². The number of hydrogen-bond acceptors (Lipinski definition) is 4. The minimum atomic E-state index is -0.501. The van der Waals surface area contributed by atoms with E-state index < -0.39 is 6.10 Å². The van der Waals surface area contributed by atoms with Crippen molar-refractivity contribution in [2.24, 2.45) is 0 Å². The fourth-order valence-corrected chi connectivity index (χ4v) is 1.28. The predicted octanol–water partition coefficient (Wildman–Crippen LogP) is 1.33. The maximum Gasteiger partial charge on any atom is 0.303 e. The van der Waals surface area contributed by atoms with Crippen molar-refractivity contribution in [2.45, 2.75) is 20.0 Å². The van der Waals surface area contributed by atoms with Crippen molar-refractivity contribution in [1.29, 1.82) is 0 Å². The van der Waals surface area contributed by atoms with Crippen molar-refractivity contribution in [3.63, 3.8) is 0 Å². The van der Waals surface area contributed by atoms with Crippen LogP contribution in [0.2, 0.25) is 0 Å². The third kappa shape index (κ3) is 4.31. The molecular formula is C12H17NO3. The number of aryl methyl sites for hydroxylation is 1. The van der Waals surface area contributed by atoms with Crippen molar-refractivity contribution in [3.8, 4) is 0 Å². The summed E-state index contributed by atoms with van der Waals surface area (Å²) < 4.78 is 4.89. The zero-order valence-electron chi connectivity index (χ0n) is 9.56. The van der Waals surface area contributed by atoms with E-state index in [1.807, 2.05) is 31.2 Å². The second kappa shape index (κ2) is 6.12. The van der Waals surface area contributed by atoms with Crippen LogP contribution < -0.4 is 5.32 Å². The summed E-state index contributed by atoms with van der Waals surface area (Å²) in [7, 11) is 0. The Morgan fingerprint density at radius 3 is 2.56 bits per heavy atom. The minimum Gasteiger partial charge on any atom is -0.458 e. The molecule has 0 aliphatic carbocycles. The van der Waals surface area contributed by atoms with Crippen molar-refractivity contribution >= 4 is 11.7 Å². The van der Waals surface area contributed by atoms with Gasteiger partial charge in [-0.1, -0.05) is 17.7 Å². The normalized spacial score (nSPS) is 11.9. The average molecular weight is 223 g/mol. The smallest absolute Gasteiger partial charge is 0.303 e. The molecule has 0 heterocycles. The molecule has 0 radical (unpaired) electrons. The van der Waals surface area contributed by atoms with E-state index in [1.54, 1.807) is 0 Å². The number of aliphatic hydroxyl groups is 1. The first-order valence-corrected chi connectivity index (χ1v) is 5.20. The van der Waals surface area contributed by atoms with Gasteiger partial charge in [-0.15, -0.1) is 0 Å². The van der Waals surface area contributed by atoms with Crippen LogP contribution in [-0.2, 0) is 9.53 Å². The molecule has 1 rings (SSSR count). The maximum atomic E-state index is 10.7. The fourth-order valence-electron chi connectivity index (χ4n) is 1.28. The summed E-state index contributed by atoms with van der Waals surface area (Å²) in [6.45, 7) is 3.56. The SMILES string of the molecule is CC(=O)OC(CO)CNc1ccc(C)cc1. The van der Waals surface area contributed by atoms with Gasteiger partial charge in [0.2, 0.25) is 0 Å². The first-order valence-electron chi connectivity index (χ1n) is 5.20. The van der Waals surface area contributed by atoms with E-state index in [4.69, 9.17) is 9.84 Å². The number of ether oxygens (including phenoxy) is 1. The molecule has 88 valence electrons. The van der Waals surface area contributed by atoms with Gasteiger partial charge in [0, 0.05) is 12.6 Å². The zero-order chi connectivity index (χ0) is 12.0. The molecule has 1 aromatic rings. The number of nitrogens with one attached hydrogen (secondary N) is 1. The molecule has 2 N–H and O–H groups in total. The van der Waals surface area contributed by atoms with Crippen molar-refractivity contribution in [2.75, 3.05) is 18.5 Å². The van der Waals surface area contributed by atoms with E-state index in [2.05, 4.69) is 5.32 Å². The van der Waals surface area contributed by atoms with Gasteiger partial charge < -0.3 is 15.2 Å². The average Bonchev–Trinajstić information content (AvgIpc) is 2.26. The molecule has 0 aliphatic heterocycles. The quantitative estimate of drug-likeness (QED) is 0.739. The lowest BCUT2D eigenvalue weighted by atomic mass is 10.2. The number of anilines is 1.